The van der Waals surface area contributed by atoms with E-state index in [4.69, 9.17) is 4.42 Å². The fourth-order valence-corrected chi connectivity index (χ4v) is 2.96. The zero-order valence-electron chi connectivity index (χ0n) is 13.2. The minimum Gasteiger partial charge on any atom is -0.456 e. The van der Waals surface area contributed by atoms with E-state index in [0.717, 1.165) is 33.6 Å². The van der Waals surface area contributed by atoms with Crippen LogP contribution in [0, 0.1) is 13.8 Å². The Balaban J connectivity index is 1.82. The maximum atomic E-state index is 6.04. The van der Waals surface area contributed by atoms with Crippen LogP contribution in [0.5, 0.6) is 0 Å². The van der Waals surface area contributed by atoms with Crippen molar-refractivity contribution in [2.24, 2.45) is 0 Å². The molecule has 0 saturated carbocycles. The minimum absolute atomic E-state index is 0.869. The van der Waals surface area contributed by atoms with Gasteiger partial charge < -0.3 is 4.42 Å². The molecule has 112 valence electrons. The van der Waals surface area contributed by atoms with Crippen LogP contribution in [-0.4, -0.2) is 4.98 Å². The molecule has 0 spiro atoms. The van der Waals surface area contributed by atoms with Crippen molar-refractivity contribution in [2.45, 2.75) is 13.8 Å². The highest BCUT2D eigenvalue weighted by atomic mass is 16.3. The quantitative estimate of drug-likeness (QED) is 0.469. The molecule has 23 heavy (non-hydrogen) atoms. The second kappa shape index (κ2) is 5.40. The number of fused-ring (bicyclic) bond motifs is 1. The van der Waals surface area contributed by atoms with Crippen molar-refractivity contribution >= 4 is 11.0 Å². The molecule has 0 atom stereocenters. The van der Waals surface area contributed by atoms with Crippen LogP contribution in [0.1, 0.15) is 11.1 Å². The molecule has 2 heteroatoms. The van der Waals surface area contributed by atoms with Crippen molar-refractivity contribution in [2.75, 3.05) is 0 Å². The van der Waals surface area contributed by atoms with Gasteiger partial charge in [-0.05, 0) is 32.0 Å². The lowest BCUT2D eigenvalue weighted by Crippen LogP contribution is -1.85. The van der Waals surface area contributed by atoms with Crippen molar-refractivity contribution in [3.05, 3.63) is 78.0 Å². The van der Waals surface area contributed by atoms with Gasteiger partial charge >= 0.3 is 0 Å². The summed E-state index contributed by atoms with van der Waals surface area (Å²) in [5.74, 6) is 0.875. The Morgan fingerprint density at radius 2 is 1.52 bits per heavy atom. The fourth-order valence-electron chi connectivity index (χ4n) is 2.96. The highest BCUT2D eigenvalue weighted by molar-refractivity contribution is 5.85. The first-order valence-corrected chi connectivity index (χ1v) is 7.73. The van der Waals surface area contributed by atoms with Gasteiger partial charge in [-0.3, -0.25) is 4.98 Å². The standard InChI is InChI=1S/C21H17NO/c1-14-8-15(2)10-17(9-14)19-12-21-18(13-22-19)11-20(23-21)16-6-4-3-5-7-16/h3-13H,1-2H3. The Morgan fingerprint density at radius 3 is 2.26 bits per heavy atom. The van der Waals surface area contributed by atoms with Crippen LogP contribution in [-0.2, 0) is 0 Å². The molecule has 0 aliphatic carbocycles. The van der Waals surface area contributed by atoms with E-state index in [9.17, 15) is 0 Å². The summed E-state index contributed by atoms with van der Waals surface area (Å²) < 4.78 is 6.04. The Hall–Kier alpha value is -2.87. The van der Waals surface area contributed by atoms with E-state index in [2.05, 4.69) is 49.2 Å². The number of furan rings is 1. The largest absolute Gasteiger partial charge is 0.456 e. The van der Waals surface area contributed by atoms with Crippen molar-refractivity contribution in [3.8, 4) is 22.6 Å². The predicted molar refractivity (Wildman–Crippen MR) is 94.4 cm³/mol. The molecule has 4 aromatic rings. The highest BCUT2D eigenvalue weighted by Crippen LogP contribution is 2.30. The second-order valence-electron chi connectivity index (χ2n) is 5.96. The molecule has 0 amide bonds. The van der Waals surface area contributed by atoms with Crippen molar-refractivity contribution in [3.63, 3.8) is 0 Å². The topological polar surface area (TPSA) is 26.0 Å². The Morgan fingerprint density at radius 1 is 0.783 bits per heavy atom. The zero-order chi connectivity index (χ0) is 15.8. The summed E-state index contributed by atoms with van der Waals surface area (Å²) >= 11 is 0. The molecular weight excluding hydrogens is 282 g/mol. The van der Waals surface area contributed by atoms with Gasteiger partial charge in [0.1, 0.15) is 11.3 Å². The van der Waals surface area contributed by atoms with Gasteiger partial charge in [0.05, 0.1) is 5.69 Å². The summed E-state index contributed by atoms with van der Waals surface area (Å²) in [5, 5.41) is 1.02. The van der Waals surface area contributed by atoms with E-state index >= 15 is 0 Å². The molecule has 0 radical (unpaired) electrons. The van der Waals surface area contributed by atoms with Gasteiger partial charge in [-0.2, -0.15) is 0 Å². The number of rotatable bonds is 2. The minimum atomic E-state index is 0.869. The number of nitrogens with zero attached hydrogens (tertiary/aromatic N) is 1. The van der Waals surface area contributed by atoms with Crippen LogP contribution in [0.3, 0.4) is 0 Å². The summed E-state index contributed by atoms with van der Waals surface area (Å²) in [4.78, 5) is 4.61. The first-order valence-electron chi connectivity index (χ1n) is 7.73. The molecule has 2 nitrogen and oxygen atoms in total. The van der Waals surface area contributed by atoms with Crippen LogP contribution in [0.25, 0.3) is 33.6 Å². The lowest BCUT2D eigenvalue weighted by Gasteiger charge is -2.04. The maximum Gasteiger partial charge on any atom is 0.138 e. The van der Waals surface area contributed by atoms with E-state index in [1.807, 2.05) is 36.5 Å². The predicted octanol–water partition coefficient (Wildman–Crippen LogP) is 5.78. The number of aromatic nitrogens is 1. The lowest BCUT2D eigenvalue weighted by molar-refractivity contribution is 0.631. The zero-order valence-corrected chi connectivity index (χ0v) is 13.2. The summed E-state index contributed by atoms with van der Waals surface area (Å²) in [6.07, 6.45) is 1.89. The highest BCUT2D eigenvalue weighted by Gasteiger charge is 2.09. The lowest BCUT2D eigenvalue weighted by atomic mass is 10.0. The average Bonchev–Trinajstić information content (AvgIpc) is 2.98. The maximum absolute atomic E-state index is 6.04. The van der Waals surface area contributed by atoms with Gasteiger partial charge in [-0.15, -0.1) is 0 Å². The van der Waals surface area contributed by atoms with E-state index in [-0.39, 0.29) is 0 Å². The molecule has 0 fully saturated rings. The van der Waals surface area contributed by atoms with E-state index in [1.54, 1.807) is 0 Å². The molecule has 2 heterocycles. The van der Waals surface area contributed by atoms with Crippen LogP contribution >= 0.6 is 0 Å². The van der Waals surface area contributed by atoms with Gasteiger partial charge in [0.25, 0.3) is 0 Å². The first-order chi connectivity index (χ1) is 11.2. The van der Waals surface area contributed by atoms with Crippen molar-refractivity contribution in [1.82, 2.24) is 4.98 Å². The van der Waals surface area contributed by atoms with Gasteiger partial charge in [0.2, 0.25) is 0 Å². The number of hydrogen-bond acceptors (Lipinski definition) is 2. The molecule has 4 rings (SSSR count). The number of pyridine rings is 1. The van der Waals surface area contributed by atoms with Crippen LogP contribution in [0.15, 0.2) is 71.3 Å². The van der Waals surface area contributed by atoms with E-state index < -0.39 is 0 Å². The molecule has 0 unspecified atom stereocenters. The third-order valence-corrected chi connectivity index (χ3v) is 3.98. The molecule has 0 bridgehead atoms. The molecule has 2 aromatic carbocycles. The average molecular weight is 299 g/mol. The number of aryl methyl sites for hydroxylation is 2. The van der Waals surface area contributed by atoms with Crippen molar-refractivity contribution < 1.29 is 4.42 Å². The normalized spacial score (nSPS) is 11.0. The van der Waals surface area contributed by atoms with Gasteiger partial charge in [-0.1, -0.05) is 47.5 Å². The third kappa shape index (κ3) is 2.64. The molecule has 0 aliphatic heterocycles. The fraction of sp³-hybridized carbons (Fsp3) is 0.0952. The van der Waals surface area contributed by atoms with Crippen molar-refractivity contribution in [1.29, 1.82) is 0 Å². The van der Waals surface area contributed by atoms with Crippen LogP contribution < -0.4 is 0 Å². The Labute approximate surface area is 135 Å². The number of hydrogen-bond donors (Lipinski definition) is 0. The number of benzene rings is 2. The van der Waals surface area contributed by atoms with Crippen LogP contribution in [0.4, 0.5) is 0 Å². The van der Waals surface area contributed by atoms with E-state index in [0.29, 0.717) is 0 Å². The monoisotopic (exact) mass is 299 g/mol. The molecule has 0 saturated heterocycles. The van der Waals surface area contributed by atoms with Crippen LogP contribution in [0.2, 0.25) is 0 Å². The Bertz CT molecular complexity index is 963. The smallest absolute Gasteiger partial charge is 0.138 e. The van der Waals surface area contributed by atoms with Gasteiger partial charge in [-0.25, -0.2) is 0 Å². The molecular formula is C21H17NO. The summed E-state index contributed by atoms with van der Waals surface area (Å²) in [6, 6.07) is 20.7. The second-order valence-corrected chi connectivity index (χ2v) is 5.96. The summed E-state index contributed by atoms with van der Waals surface area (Å²) in [6.45, 7) is 4.21. The summed E-state index contributed by atoms with van der Waals surface area (Å²) in [7, 11) is 0. The SMILES string of the molecule is Cc1cc(C)cc(-c2cc3oc(-c4ccccc4)cc3cn2)c1. The van der Waals surface area contributed by atoms with E-state index in [1.165, 1.54) is 11.1 Å². The first kappa shape index (κ1) is 13.8. The molecule has 0 N–H and O–H groups in total. The molecule has 2 aromatic heterocycles. The van der Waals surface area contributed by atoms with Gasteiger partial charge in [0.15, 0.2) is 0 Å². The Kier molecular flexibility index (Phi) is 3.23. The molecule has 0 aliphatic rings. The summed E-state index contributed by atoms with van der Waals surface area (Å²) in [5.41, 5.74) is 6.50. The third-order valence-electron chi connectivity index (χ3n) is 3.98. The van der Waals surface area contributed by atoms with Gasteiger partial charge in [0, 0.05) is 28.8 Å².